The van der Waals surface area contributed by atoms with E-state index >= 15 is 0 Å². The Morgan fingerprint density at radius 1 is 1.70 bits per heavy atom. The Morgan fingerprint density at radius 2 is 2.30 bits per heavy atom. The van der Waals surface area contributed by atoms with Gasteiger partial charge in [0.05, 0.1) is 18.0 Å². The number of carbonyl (C=O) groups excluding carboxylic acids is 1. The lowest BCUT2D eigenvalue weighted by atomic mass is 10.1. The summed E-state index contributed by atoms with van der Waals surface area (Å²) in [6, 6.07) is 0. The molecule has 0 N–H and O–H groups in total. The minimum absolute atomic E-state index is 0.0532. The highest BCUT2D eigenvalue weighted by molar-refractivity contribution is 7.94. The molecule has 0 aromatic rings. The van der Waals surface area contributed by atoms with Gasteiger partial charge in [-0.15, -0.1) is 0 Å². The van der Waals surface area contributed by atoms with Gasteiger partial charge in [0.25, 0.3) is 0 Å². The molecule has 0 saturated heterocycles. The fourth-order valence-electron chi connectivity index (χ4n) is 0.715. The summed E-state index contributed by atoms with van der Waals surface area (Å²) < 4.78 is 4.73. The first-order valence-corrected chi connectivity index (χ1v) is 4.61. The summed E-state index contributed by atoms with van der Waals surface area (Å²) >= 11 is 1.11. The lowest BCUT2D eigenvalue weighted by Gasteiger charge is -2.06. The van der Waals surface area contributed by atoms with E-state index in [4.69, 9.17) is 4.18 Å². The van der Waals surface area contributed by atoms with E-state index in [0.29, 0.717) is 0 Å². The molecule has 60 valence electrons. The van der Waals surface area contributed by atoms with Gasteiger partial charge in [-0.2, -0.15) is 0 Å². The third-order valence-corrected chi connectivity index (χ3v) is 1.62. The van der Waals surface area contributed by atoms with Crippen molar-refractivity contribution in [2.45, 2.75) is 26.7 Å². The Morgan fingerprint density at radius 3 is 2.70 bits per heavy atom. The summed E-state index contributed by atoms with van der Waals surface area (Å²) in [5.41, 5.74) is 0. The topological polar surface area (TPSA) is 26.3 Å². The van der Waals surface area contributed by atoms with Gasteiger partial charge in [-0.25, -0.2) is 0 Å². The van der Waals surface area contributed by atoms with E-state index in [1.807, 2.05) is 6.92 Å². The zero-order valence-corrected chi connectivity index (χ0v) is 7.53. The predicted molar refractivity (Wildman–Crippen MR) is 43.7 cm³/mol. The van der Waals surface area contributed by atoms with Gasteiger partial charge in [-0.3, -0.25) is 4.79 Å². The Kier molecular flexibility index (Phi) is 5.49. The number of carbonyl (C=O) groups is 1. The normalized spacial score (nSPS) is 12.7. The van der Waals surface area contributed by atoms with E-state index in [-0.39, 0.29) is 11.9 Å². The van der Waals surface area contributed by atoms with E-state index in [0.717, 1.165) is 24.9 Å². The van der Waals surface area contributed by atoms with E-state index < -0.39 is 0 Å². The first-order valence-electron chi connectivity index (χ1n) is 3.46. The predicted octanol–water partition coefficient (Wildman–Crippen LogP) is 2.24. The van der Waals surface area contributed by atoms with Gasteiger partial charge in [-0.05, 0) is 6.42 Å². The van der Waals surface area contributed by atoms with Gasteiger partial charge in [0, 0.05) is 6.26 Å². The Labute approximate surface area is 66.5 Å². The first-order chi connectivity index (χ1) is 4.72. The average Bonchev–Trinajstić information content (AvgIpc) is 1.89. The smallest absolute Gasteiger partial charge is 0.320 e. The number of rotatable bonds is 4. The molecule has 0 aliphatic heterocycles. The summed E-state index contributed by atoms with van der Waals surface area (Å²) in [5, 5.41) is 0. The van der Waals surface area contributed by atoms with Gasteiger partial charge in [-0.1, -0.05) is 20.3 Å². The maximum absolute atomic E-state index is 10.9. The van der Waals surface area contributed by atoms with Crippen LogP contribution >= 0.6 is 12.0 Å². The van der Waals surface area contributed by atoms with E-state index in [9.17, 15) is 4.79 Å². The molecule has 0 heterocycles. The molecule has 0 radical (unpaired) electrons. The molecule has 1 unspecified atom stereocenters. The second-order valence-electron chi connectivity index (χ2n) is 2.26. The van der Waals surface area contributed by atoms with Crippen LogP contribution in [0.15, 0.2) is 0 Å². The third-order valence-electron chi connectivity index (χ3n) is 1.29. The van der Waals surface area contributed by atoms with Crippen LogP contribution in [0.5, 0.6) is 0 Å². The third kappa shape index (κ3) is 3.77. The molecule has 0 aliphatic rings. The Balaban J connectivity index is 3.49. The molecule has 0 bridgehead atoms. The highest BCUT2D eigenvalue weighted by Crippen LogP contribution is 2.10. The minimum Gasteiger partial charge on any atom is -0.391 e. The van der Waals surface area contributed by atoms with E-state index in [1.165, 1.54) is 0 Å². The van der Waals surface area contributed by atoms with Crippen molar-refractivity contribution in [2.24, 2.45) is 5.92 Å². The van der Waals surface area contributed by atoms with Gasteiger partial charge in [0.15, 0.2) is 0 Å². The molecule has 1 atom stereocenters. The maximum atomic E-state index is 10.9. The number of hydrogen-bond donors (Lipinski definition) is 0. The molecule has 0 rings (SSSR count). The summed E-state index contributed by atoms with van der Waals surface area (Å²) in [4.78, 5) is 10.9. The summed E-state index contributed by atoms with van der Waals surface area (Å²) in [7, 11) is 0. The molecular formula is C7H14O2S. The summed E-state index contributed by atoms with van der Waals surface area (Å²) in [6.07, 6.45) is 3.70. The van der Waals surface area contributed by atoms with Crippen molar-refractivity contribution in [3.8, 4) is 0 Å². The Hall–Kier alpha value is -0.180. The van der Waals surface area contributed by atoms with Crippen LogP contribution in [-0.2, 0) is 8.98 Å². The molecular weight excluding hydrogens is 148 g/mol. The van der Waals surface area contributed by atoms with Crippen molar-refractivity contribution in [2.75, 3.05) is 6.26 Å². The van der Waals surface area contributed by atoms with Crippen LogP contribution in [0.4, 0.5) is 0 Å². The monoisotopic (exact) mass is 162 g/mol. The molecule has 0 aliphatic carbocycles. The molecule has 0 aromatic heterocycles. The molecule has 2 nitrogen and oxygen atoms in total. The highest BCUT2D eigenvalue weighted by Gasteiger charge is 2.12. The van der Waals surface area contributed by atoms with Crippen LogP contribution in [0.2, 0.25) is 0 Å². The molecule has 0 saturated carbocycles. The highest BCUT2D eigenvalue weighted by atomic mass is 32.2. The van der Waals surface area contributed by atoms with Crippen molar-refractivity contribution in [3.63, 3.8) is 0 Å². The van der Waals surface area contributed by atoms with E-state index in [2.05, 4.69) is 6.92 Å². The zero-order valence-electron chi connectivity index (χ0n) is 6.72. The SMILES string of the molecule is CCCC(C)C(=O)OSC. The van der Waals surface area contributed by atoms with Crippen LogP contribution in [0.25, 0.3) is 0 Å². The van der Waals surface area contributed by atoms with Crippen molar-refractivity contribution >= 4 is 18.0 Å². The molecule has 10 heavy (non-hydrogen) atoms. The number of hydrogen-bond acceptors (Lipinski definition) is 3. The van der Waals surface area contributed by atoms with Gasteiger partial charge < -0.3 is 4.18 Å². The van der Waals surface area contributed by atoms with Crippen molar-refractivity contribution in [3.05, 3.63) is 0 Å². The van der Waals surface area contributed by atoms with Gasteiger partial charge in [0.1, 0.15) is 0 Å². The fourth-order valence-corrected chi connectivity index (χ4v) is 1.04. The van der Waals surface area contributed by atoms with Gasteiger partial charge >= 0.3 is 5.97 Å². The molecule has 0 aromatic carbocycles. The minimum atomic E-state index is -0.102. The fraction of sp³-hybridized carbons (Fsp3) is 0.857. The average molecular weight is 162 g/mol. The zero-order chi connectivity index (χ0) is 7.98. The van der Waals surface area contributed by atoms with E-state index in [1.54, 1.807) is 6.26 Å². The Bertz CT molecular complexity index is 104. The quantitative estimate of drug-likeness (QED) is 0.593. The lowest BCUT2D eigenvalue weighted by Crippen LogP contribution is -2.10. The molecule has 0 fully saturated rings. The largest absolute Gasteiger partial charge is 0.391 e. The van der Waals surface area contributed by atoms with Gasteiger partial charge in [0.2, 0.25) is 0 Å². The van der Waals surface area contributed by atoms with Crippen molar-refractivity contribution in [1.82, 2.24) is 0 Å². The molecule has 0 amide bonds. The van der Waals surface area contributed by atoms with Crippen molar-refractivity contribution in [1.29, 1.82) is 0 Å². The second kappa shape index (κ2) is 5.59. The summed E-state index contributed by atoms with van der Waals surface area (Å²) in [6.45, 7) is 3.95. The lowest BCUT2D eigenvalue weighted by molar-refractivity contribution is -0.137. The maximum Gasteiger partial charge on any atom is 0.320 e. The van der Waals surface area contributed by atoms with Crippen LogP contribution in [0, 0.1) is 5.92 Å². The standard InChI is InChI=1S/C7H14O2S/c1-4-5-6(2)7(8)9-10-3/h6H,4-5H2,1-3H3. The van der Waals surface area contributed by atoms with Crippen LogP contribution in [0.1, 0.15) is 26.7 Å². The van der Waals surface area contributed by atoms with Crippen LogP contribution in [-0.4, -0.2) is 12.2 Å². The summed E-state index contributed by atoms with van der Waals surface area (Å²) in [5.74, 6) is -0.0493. The second-order valence-corrected chi connectivity index (χ2v) is 2.76. The molecule has 3 heteroatoms. The van der Waals surface area contributed by atoms with Crippen molar-refractivity contribution < 1.29 is 8.98 Å². The first kappa shape index (κ1) is 9.82. The van der Waals surface area contributed by atoms with Crippen LogP contribution < -0.4 is 0 Å². The molecule has 0 spiro atoms. The van der Waals surface area contributed by atoms with Crippen LogP contribution in [0.3, 0.4) is 0 Å².